The summed E-state index contributed by atoms with van der Waals surface area (Å²) in [7, 11) is 5.40. The van der Waals surface area contributed by atoms with E-state index >= 15 is 0 Å². The lowest BCUT2D eigenvalue weighted by molar-refractivity contribution is -0.134. The Labute approximate surface area is 173 Å². The molecule has 0 radical (unpaired) electrons. The molecule has 3 rings (SSSR count). The lowest BCUT2D eigenvalue weighted by Gasteiger charge is -2.31. The maximum absolute atomic E-state index is 13.0. The quantitative estimate of drug-likeness (QED) is 0.775. The van der Waals surface area contributed by atoms with Gasteiger partial charge in [0.05, 0.1) is 12.6 Å². The molecule has 0 saturated carbocycles. The molecule has 1 N–H and O–H groups in total. The minimum atomic E-state index is -0.115. The first-order chi connectivity index (χ1) is 13.8. The smallest absolute Gasteiger partial charge is 0.237 e. The van der Waals surface area contributed by atoms with E-state index in [9.17, 15) is 14.4 Å². The summed E-state index contributed by atoms with van der Waals surface area (Å²) in [5, 5.41) is 2.56. The highest BCUT2D eigenvalue weighted by Crippen LogP contribution is 2.45. The van der Waals surface area contributed by atoms with Crippen molar-refractivity contribution >= 4 is 17.7 Å². The first kappa shape index (κ1) is 21.3. The summed E-state index contributed by atoms with van der Waals surface area (Å²) < 4.78 is 0. The third-order valence-corrected chi connectivity index (χ3v) is 6.14. The molecule has 2 heterocycles. The number of nitrogens with zero attached hydrogens (tertiary/aromatic N) is 3. The Morgan fingerprint density at radius 3 is 2.45 bits per heavy atom. The molecule has 0 spiro atoms. The van der Waals surface area contributed by atoms with E-state index in [1.807, 2.05) is 40.9 Å². The molecule has 0 aliphatic carbocycles. The van der Waals surface area contributed by atoms with E-state index < -0.39 is 0 Å². The number of amides is 3. The van der Waals surface area contributed by atoms with Gasteiger partial charge in [-0.2, -0.15) is 0 Å². The third kappa shape index (κ3) is 4.61. The molecule has 2 aliphatic heterocycles. The number of carbonyl (C=O) groups is 3. The first-order valence-electron chi connectivity index (χ1n) is 10.3. The van der Waals surface area contributed by atoms with Crippen LogP contribution < -0.4 is 5.32 Å². The van der Waals surface area contributed by atoms with Crippen molar-refractivity contribution < 1.29 is 14.4 Å². The van der Waals surface area contributed by atoms with Gasteiger partial charge in [-0.1, -0.05) is 24.3 Å². The van der Waals surface area contributed by atoms with Crippen molar-refractivity contribution in [2.75, 3.05) is 47.3 Å². The number of aryl methyl sites for hydroxylation is 1. The topological polar surface area (TPSA) is 73.0 Å². The summed E-state index contributed by atoms with van der Waals surface area (Å²) in [5.41, 5.74) is 2.34. The average Bonchev–Trinajstić information content (AvgIpc) is 3.24. The summed E-state index contributed by atoms with van der Waals surface area (Å²) in [6.45, 7) is 4.44. The van der Waals surface area contributed by atoms with Gasteiger partial charge >= 0.3 is 0 Å². The van der Waals surface area contributed by atoms with Crippen LogP contribution in [0.25, 0.3) is 0 Å². The molecular weight excluding hydrogens is 368 g/mol. The average molecular weight is 401 g/mol. The van der Waals surface area contributed by atoms with Crippen LogP contribution in [0, 0.1) is 18.8 Å². The molecule has 2 saturated heterocycles. The van der Waals surface area contributed by atoms with E-state index in [4.69, 9.17) is 0 Å². The SMILES string of the molecule is CNC(=O)CCC(=O)N1C[C@@H]2CN(C(=O)CN(C)C)[C@@H](c3ccccc3C)[C@@H]2C1. The monoisotopic (exact) mass is 400 g/mol. The van der Waals surface area contributed by atoms with E-state index in [1.54, 1.807) is 7.05 Å². The van der Waals surface area contributed by atoms with Gasteiger partial charge in [0, 0.05) is 51.4 Å². The van der Waals surface area contributed by atoms with Crippen LogP contribution in [-0.2, 0) is 14.4 Å². The van der Waals surface area contributed by atoms with Crippen LogP contribution in [-0.4, -0.2) is 79.7 Å². The van der Waals surface area contributed by atoms with Crippen molar-refractivity contribution in [2.45, 2.75) is 25.8 Å². The molecule has 3 atom stereocenters. The van der Waals surface area contributed by atoms with Gasteiger partial charge in [-0.15, -0.1) is 0 Å². The van der Waals surface area contributed by atoms with E-state index in [0.29, 0.717) is 26.2 Å². The molecule has 2 aliphatic rings. The van der Waals surface area contributed by atoms with Crippen LogP contribution in [0.4, 0.5) is 0 Å². The number of carbonyl (C=O) groups excluding carboxylic acids is 3. The Balaban J connectivity index is 1.78. The Kier molecular flexibility index (Phi) is 6.57. The molecule has 1 aromatic rings. The minimum Gasteiger partial charge on any atom is -0.359 e. The number of rotatable bonds is 6. The second-order valence-corrected chi connectivity index (χ2v) is 8.48. The summed E-state index contributed by atoms with van der Waals surface area (Å²) in [5.74, 6) is 0.546. The second-order valence-electron chi connectivity index (χ2n) is 8.48. The van der Waals surface area contributed by atoms with Crippen molar-refractivity contribution in [3.63, 3.8) is 0 Å². The molecule has 0 aromatic heterocycles. The molecule has 0 unspecified atom stereocenters. The van der Waals surface area contributed by atoms with E-state index in [0.717, 1.165) is 0 Å². The second kappa shape index (κ2) is 8.95. The van der Waals surface area contributed by atoms with Crippen molar-refractivity contribution in [1.29, 1.82) is 0 Å². The first-order valence-corrected chi connectivity index (χ1v) is 10.3. The number of hydrogen-bond acceptors (Lipinski definition) is 4. The number of fused-ring (bicyclic) bond motifs is 1. The Morgan fingerprint density at radius 2 is 1.79 bits per heavy atom. The zero-order valence-corrected chi connectivity index (χ0v) is 17.9. The largest absolute Gasteiger partial charge is 0.359 e. The normalized spacial score (nSPS) is 23.4. The van der Waals surface area contributed by atoms with Gasteiger partial charge in [0.15, 0.2) is 0 Å². The van der Waals surface area contributed by atoms with Gasteiger partial charge in [-0.25, -0.2) is 0 Å². The fraction of sp³-hybridized carbons (Fsp3) is 0.591. The molecule has 1 aromatic carbocycles. The molecule has 158 valence electrons. The van der Waals surface area contributed by atoms with Crippen LogP contribution in [0.2, 0.25) is 0 Å². The number of likely N-dealkylation sites (tertiary alicyclic amines) is 2. The molecule has 7 heteroatoms. The Hall–Kier alpha value is -2.41. The predicted molar refractivity (Wildman–Crippen MR) is 111 cm³/mol. The van der Waals surface area contributed by atoms with Crippen LogP contribution in [0.5, 0.6) is 0 Å². The van der Waals surface area contributed by atoms with Gasteiger partial charge in [-0.05, 0) is 32.1 Å². The van der Waals surface area contributed by atoms with Crippen LogP contribution in [0.3, 0.4) is 0 Å². The fourth-order valence-corrected chi connectivity index (χ4v) is 4.69. The molecule has 2 fully saturated rings. The van der Waals surface area contributed by atoms with Crippen LogP contribution >= 0.6 is 0 Å². The van der Waals surface area contributed by atoms with Gasteiger partial charge < -0.3 is 20.0 Å². The van der Waals surface area contributed by atoms with E-state index in [1.165, 1.54) is 11.1 Å². The highest BCUT2D eigenvalue weighted by atomic mass is 16.2. The number of nitrogens with one attached hydrogen (secondary N) is 1. The molecule has 7 nitrogen and oxygen atoms in total. The lowest BCUT2D eigenvalue weighted by atomic mass is 9.87. The Bertz CT molecular complexity index is 779. The lowest BCUT2D eigenvalue weighted by Crippen LogP contribution is -2.41. The highest BCUT2D eigenvalue weighted by molar-refractivity contribution is 5.84. The van der Waals surface area contributed by atoms with Crippen molar-refractivity contribution in [1.82, 2.24) is 20.0 Å². The summed E-state index contributed by atoms with van der Waals surface area (Å²) in [6.07, 6.45) is 0.452. The predicted octanol–water partition coefficient (Wildman–Crippen LogP) is 1.04. The minimum absolute atomic E-state index is 0.00890. The number of hydrogen-bond donors (Lipinski definition) is 1. The third-order valence-electron chi connectivity index (χ3n) is 6.14. The number of likely N-dealkylation sites (N-methyl/N-ethyl adjacent to an activating group) is 1. The van der Waals surface area contributed by atoms with Crippen LogP contribution in [0.15, 0.2) is 24.3 Å². The van der Waals surface area contributed by atoms with Gasteiger partial charge in [0.1, 0.15) is 0 Å². The Morgan fingerprint density at radius 1 is 1.07 bits per heavy atom. The molecular formula is C22H32N4O3. The zero-order valence-electron chi connectivity index (χ0n) is 17.9. The zero-order chi connectivity index (χ0) is 21.1. The van der Waals surface area contributed by atoms with Gasteiger partial charge in [-0.3, -0.25) is 14.4 Å². The maximum atomic E-state index is 13.0. The fourth-order valence-electron chi connectivity index (χ4n) is 4.69. The molecule has 0 bridgehead atoms. The van der Waals surface area contributed by atoms with Crippen molar-refractivity contribution in [2.24, 2.45) is 11.8 Å². The summed E-state index contributed by atoms with van der Waals surface area (Å²) >= 11 is 0. The van der Waals surface area contributed by atoms with Crippen molar-refractivity contribution in [3.05, 3.63) is 35.4 Å². The summed E-state index contributed by atoms with van der Waals surface area (Å²) in [6, 6.07) is 8.21. The van der Waals surface area contributed by atoms with Gasteiger partial charge in [0.25, 0.3) is 0 Å². The van der Waals surface area contributed by atoms with Crippen LogP contribution in [0.1, 0.15) is 30.0 Å². The van der Waals surface area contributed by atoms with E-state index in [-0.39, 0.29) is 48.4 Å². The number of benzene rings is 1. The molecule has 29 heavy (non-hydrogen) atoms. The summed E-state index contributed by atoms with van der Waals surface area (Å²) in [4.78, 5) is 42.9. The molecule has 3 amide bonds. The van der Waals surface area contributed by atoms with Crippen molar-refractivity contribution in [3.8, 4) is 0 Å². The van der Waals surface area contributed by atoms with Gasteiger partial charge in [0.2, 0.25) is 17.7 Å². The highest BCUT2D eigenvalue weighted by Gasteiger charge is 2.50. The maximum Gasteiger partial charge on any atom is 0.237 e. The van der Waals surface area contributed by atoms with E-state index in [2.05, 4.69) is 24.4 Å². The standard InChI is InChI=1S/C22H32N4O3/c1-15-7-5-6-8-17(15)22-18-13-25(20(28)10-9-19(27)23-2)11-16(18)12-26(22)21(29)14-24(3)4/h5-8,16,18,22H,9-14H2,1-4H3,(H,23,27)/t16-,18-,22+/m1/s1.